The molecule has 1 heterocycles. The van der Waals surface area contributed by atoms with Gasteiger partial charge < -0.3 is 9.50 Å². The van der Waals surface area contributed by atoms with Gasteiger partial charge in [-0.15, -0.1) is 10.3 Å². The summed E-state index contributed by atoms with van der Waals surface area (Å²) in [6.45, 7) is 21.5. The Balaban J connectivity index is 0. The van der Waals surface area contributed by atoms with Crippen LogP contribution in [0.2, 0.25) is 0 Å². The first-order valence-electron chi connectivity index (χ1n) is 11.6. The normalized spacial score (nSPS) is 13.5. The van der Waals surface area contributed by atoms with E-state index in [0.717, 1.165) is 17.0 Å². The van der Waals surface area contributed by atoms with E-state index in [-0.39, 0.29) is 12.1 Å². The van der Waals surface area contributed by atoms with Gasteiger partial charge in [0.1, 0.15) is 18.1 Å². The monoisotopic (exact) mass is 465 g/mol. The Morgan fingerprint density at radius 3 is 2.12 bits per heavy atom. The zero-order valence-corrected chi connectivity index (χ0v) is 22.9. The molecule has 6 heteroatoms. The zero-order chi connectivity index (χ0) is 24.9. The fourth-order valence-electron chi connectivity index (χ4n) is 2.68. The SMILES string of the molecule is CC.CC.CCS(C)(OCc1cc(C(=O)NCc2ccc(C)cc2)nc(C)n1)C(C)(C)C.[HH]. The minimum absolute atomic E-state index is 0. The molecule has 0 radical (unpaired) electrons. The van der Waals surface area contributed by atoms with E-state index in [1.54, 1.807) is 13.0 Å². The van der Waals surface area contributed by atoms with Crippen molar-refractivity contribution in [2.24, 2.45) is 0 Å². The lowest BCUT2D eigenvalue weighted by Crippen LogP contribution is -2.28. The quantitative estimate of drug-likeness (QED) is 0.478. The second kappa shape index (κ2) is 14.3. The molecule has 0 spiro atoms. The van der Waals surface area contributed by atoms with Crippen LogP contribution in [0.3, 0.4) is 0 Å². The summed E-state index contributed by atoms with van der Waals surface area (Å²) < 4.78 is 6.40. The molecule has 1 atom stereocenters. The Hall–Kier alpha value is -1.92. The standard InChI is InChI=1S/C22H33N3O2S.2C2H6.H2/c1-8-28(7,22(4,5)6)27-15-19-13-20(25-17(3)24-19)21(26)23-14-18-11-9-16(2)10-12-18;2*1-2;/h9-13H,8,14-15H2,1-7H3,(H,23,26);2*1-2H3;1H. The lowest BCUT2D eigenvalue weighted by molar-refractivity contribution is 0.0945. The van der Waals surface area contributed by atoms with E-state index < -0.39 is 10.3 Å². The Kier molecular flexibility index (Phi) is 13.4. The average molecular weight is 466 g/mol. The number of hydrogen-bond acceptors (Lipinski definition) is 4. The number of aryl methyl sites for hydroxylation is 2. The van der Waals surface area contributed by atoms with Gasteiger partial charge in [-0.25, -0.2) is 9.97 Å². The number of carbonyl (C=O) groups excluding carboxylic acids is 1. The van der Waals surface area contributed by atoms with E-state index >= 15 is 0 Å². The van der Waals surface area contributed by atoms with Crippen LogP contribution in [0.1, 0.15) is 90.0 Å². The van der Waals surface area contributed by atoms with Crippen LogP contribution in [0.4, 0.5) is 0 Å². The van der Waals surface area contributed by atoms with Crippen molar-refractivity contribution in [2.45, 2.75) is 87.1 Å². The number of nitrogens with zero attached hydrogens (tertiary/aromatic N) is 2. The Bertz CT molecular complexity index is 823. The molecule has 1 N–H and O–H groups in total. The zero-order valence-electron chi connectivity index (χ0n) is 22.1. The second-order valence-electron chi connectivity index (χ2n) is 8.13. The van der Waals surface area contributed by atoms with Crippen LogP contribution in [0.25, 0.3) is 0 Å². The van der Waals surface area contributed by atoms with Gasteiger partial charge >= 0.3 is 0 Å². The third-order valence-corrected chi connectivity index (χ3v) is 9.34. The molecule has 1 amide bonds. The van der Waals surface area contributed by atoms with Gasteiger partial charge in [-0.05, 0) is 37.5 Å². The molecule has 32 heavy (non-hydrogen) atoms. The van der Waals surface area contributed by atoms with Gasteiger partial charge in [0.15, 0.2) is 0 Å². The van der Waals surface area contributed by atoms with Crippen molar-refractivity contribution < 1.29 is 10.4 Å². The Morgan fingerprint density at radius 1 is 1.06 bits per heavy atom. The highest BCUT2D eigenvalue weighted by molar-refractivity contribution is 8.30. The number of nitrogens with one attached hydrogen (secondary N) is 1. The van der Waals surface area contributed by atoms with Gasteiger partial charge in [-0.3, -0.25) is 4.79 Å². The number of benzene rings is 1. The molecule has 1 aromatic heterocycles. The van der Waals surface area contributed by atoms with E-state index in [1.807, 2.05) is 58.9 Å². The fraction of sp³-hybridized carbons (Fsp3) is 0.577. The molecular weight excluding hydrogens is 418 g/mol. The molecule has 0 aliphatic rings. The molecule has 184 valence electrons. The molecule has 0 aliphatic carbocycles. The van der Waals surface area contributed by atoms with Gasteiger partial charge in [-0.2, -0.15) is 0 Å². The smallest absolute Gasteiger partial charge is 0.270 e. The van der Waals surface area contributed by atoms with Crippen molar-refractivity contribution in [1.29, 1.82) is 0 Å². The van der Waals surface area contributed by atoms with Crippen molar-refractivity contribution in [3.05, 3.63) is 58.7 Å². The third-order valence-electron chi connectivity index (χ3n) is 5.01. The molecule has 2 rings (SSSR count). The summed E-state index contributed by atoms with van der Waals surface area (Å²) in [6, 6.07) is 9.83. The molecular formula is C26H47N3O2S. The summed E-state index contributed by atoms with van der Waals surface area (Å²) in [7, 11) is -1.25. The molecule has 1 unspecified atom stereocenters. The summed E-state index contributed by atoms with van der Waals surface area (Å²) in [4.78, 5) is 21.3. The highest BCUT2D eigenvalue weighted by atomic mass is 32.3. The summed E-state index contributed by atoms with van der Waals surface area (Å²) in [6.07, 6.45) is 2.20. The largest absolute Gasteiger partial charge is 0.347 e. The number of amides is 1. The number of carbonyl (C=O) groups is 1. The predicted octanol–water partition coefficient (Wildman–Crippen LogP) is 7.01. The first-order chi connectivity index (χ1) is 15.0. The summed E-state index contributed by atoms with van der Waals surface area (Å²) in [5.74, 6) is 1.35. The van der Waals surface area contributed by atoms with Gasteiger partial charge in [0.05, 0.1) is 5.69 Å². The average Bonchev–Trinajstić information content (AvgIpc) is 2.78. The van der Waals surface area contributed by atoms with Crippen molar-refractivity contribution in [2.75, 3.05) is 12.0 Å². The van der Waals surface area contributed by atoms with Crippen LogP contribution in [0.5, 0.6) is 0 Å². The fourth-order valence-corrected chi connectivity index (χ4v) is 4.45. The lowest BCUT2D eigenvalue weighted by atomic mass is 10.1. The maximum atomic E-state index is 12.6. The van der Waals surface area contributed by atoms with Crippen molar-refractivity contribution >= 4 is 16.2 Å². The molecule has 0 bridgehead atoms. The molecule has 1 aromatic carbocycles. The Labute approximate surface area is 199 Å². The van der Waals surface area contributed by atoms with Crippen molar-refractivity contribution in [3.8, 4) is 0 Å². The lowest BCUT2D eigenvalue weighted by Gasteiger charge is -2.46. The number of rotatable bonds is 7. The van der Waals surface area contributed by atoms with E-state index in [4.69, 9.17) is 4.18 Å². The predicted molar refractivity (Wildman–Crippen MR) is 143 cm³/mol. The third kappa shape index (κ3) is 9.29. The Morgan fingerprint density at radius 2 is 1.62 bits per heavy atom. The van der Waals surface area contributed by atoms with Gasteiger partial charge in [0.25, 0.3) is 5.91 Å². The van der Waals surface area contributed by atoms with Crippen LogP contribution in [-0.2, 0) is 17.3 Å². The van der Waals surface area contributed by atoms with Gasteiger partial charge in [-0.1, -0.05) is 85.2 Å². The van der Waals surface area contributed by atoms with Crippen LogP contribution in [-0.4, -0.2) is 32.6 Å². The maximum absolute atomic E-state index is 12.6. The topological polar surface area (TPSA) is 64.1 Å². The number of hydrogen-bond donors (Lipinski definition) is 1. The number of aromatic nitrogens is 2. The summed E-state index contributed by atoms with van der Waals surface area (Å²) in [5.41, 5.74) is 3.37. The van der Waals surface area contributed by atoms with E-state index in [2.05, 4.69) is 49.2 Å². The molecule has 5 nitrogen and oxygen atoms in total. The molecule has 0 saturated heterocycles. The summed E-state index contributed by atoms with van der Waals surface area (Å²) in [5, 5.41) is 2.93. The van der Waals surface area contributed by atoms with Crippen LogP contribution < -0.4 is 5.32 Å². The van der Waals surface area contributed by atoms with E-state index in [0.29, 0.717) is 24.7 Å². The van der Waals surface area contributed by atoms with Crippen LogP contribution in [0, 0.1) is 13.8 Å². The van der Waals surface area contributed by atoms with Crippen molar-refractivity contribution in [3.63, 3.8) is 0 Å². The van der Waals surface area contributed by atoms with Crippen LogP contribution in [0.15, 0.2) is 30.3 Å². The van der Waals surface area contributed by atoms with Gasteiger partial charge in [0, 0.05) is 12.7 Å². The first-order valence-corrected chi connectivity index (χ1v) is 13.8. The molecule has 0 fully saturated rings. The first kappa shape index (κ1) is 30.1. The minimum Gasteiger partial charge on any atom is -0.347 e. The van der Waals surface area contributed by atoms with Gasteiger partial charge in [0.2, 0.25) is 0 Å². The molecule has 0 saturated carbocycles. The highest BCUT2D eigenvalue weighted by Gasteiger charge is 2.32. The van der Waals surface area contributed by atoms with E-state index in [1.165, 1.54) is 5.56 Å². The maximum Gasteiger partial charge on any atom is 0.270 e. The minimum atomic E-state index is -1.25. The molecule has 2 aromatic rings. The molecule has 0 aliphatic heterocycles. The van der Waals surface area contributed by atoms with E-state index in [9.17, 15) is 4.79 Å². The summed E-state index contributed by atoms with van der Waals surface area (Å²) >= 11 is 0. The second-order valence-corrected chi connectivity index (χ2v) is 12.2. The highest BCUT2D eigenvalue weighted by Crippen LogP contribution is 2.57. The van der Waals surface area contributed by atoms with Crippen molar-refractivity contribution in [1.82, 2.24) is 15.3 Å². The van der Waals surface area contributed by atoms with Crippen LogP contribution >= 0.6 is 10.3 Å².